The van der Waals surface area contributed by atoms with Crippen LogP contribution in [0.15, 0.2) is 12.0 Å². The lowest BCUT2D eigenvalue weighted by atomic mass is 10.3. The first-order chi connectivity index (χ1) is 4.33. The average Bonchev–Trinajstić information content (AvgIpc) is 1.78. The van der Waals surface area contributed by atoms with Crippen LogP contribution in [-0.4, -0.2) is 4.21 Å². The van der Waals surface area contributed by atoms with E-state index in [1.165, 1.54) is 0 Å². The summed E-state index contributed by atoms with van der Waals surface area (Å²) in [6, 6.07) is 0. The van der Waals surface area contributed by atoms with Crippen molar-refractivity contribution in [2.75, 3.05) is 0 Å². The maximum Gasteiger partial charge on any atom is 0.423 e. The van der Waals surface area contributed by atoms with Crippen LogP contribution in [0.2, 0.25) is 0 Å². The van der Waals surface area contributed by atoms with Crippen molar-refractivity contribution >= 4 is 11.4 Å². The van der Waals surface area contributed by atoms with Gasteiger partial charge in [-0.1, -0.05) is 13.3 Å². The zero-order valence-electron chi connectivity index (χ0n) is 5.12. The lowest BCUT2D eigenvalue weighted by Gasteiger charge is -2.14. The molecule has 0 aromatic carbocycles. The van der Waals surface area contributed by atoms with Gasteiger partial charge in [-0.2, -0.15) is 4.21 Å². The number of allylic oxidation sites excluding steroid dienone is 1. The van der Waals surface area contributed by atoms with Crippen molar-refractivity contribution in [1.29, 1.82) is 0 Å². The molecular formula is C5H8O3S. The van der Waals surface area contributed by atoms with E-state index in [0.29, 0.717) is 5.95 Å². The van der Waals surface area contributed by atoms with E-state index in [2.05, 4.69) is 8.37 Å². The van der Waals surface area contributed by atoms with Crippen molar-refractivity contribution in [2.24, 2.45) is 0 Å². The molecule has 1 aliphatic rings. The van der Waals surface area contributed by atoms with Gasteiger partial charge in [-0.3, -0.25) is 0 Å². The van der Waals surface area contributed by atoms with Gasteiger partial charge in [0.15, 0.2) is 0 Å². The normalized spacial score (nSPS) is 23.7. The van der Waals surface area contributed by atoms with Crippen molar-refractivity contribution in [2.45, 2.75) is 19.8 Å². The molecule has 0 saturated carbocycles. The fraction of sp³-hybridized carbons (Fsp3) is 0.600. The predicted octanol–water partition coefficient (Wildman–Crippen LogP) is 1.25. The van der Waals surface area contributed by atoms with Crippen LogP contribution in [0.1, 0.15) is 19.8 Å². The molecule has 0 N–H and O–H groups in total. The zero-order chi connectivity index (χ0) is 6.69. The molecule has 1 fully saturated rings. The molecule has 0 aliphatic carbocycles. The third kappa shape index (κ3) is 1.71. The molecule has 0 atom stereocenters. The highest BCUT2D eigenvalue weighted by Gasteiger charge is 2.21. The third-order valence-electron chi connectivity index (χ3n) is 0.900. The monoisotopic (exact) mass is 148 g/mol. The highest BCUT2D eigenvalue weighted by atomic mass is 32.2. The molecule has 0 aromatic heterocycles. The van der Waals surface area contributed by atoms with Gasteiger partial charge in [0.1, 0.15) is 0 Å². The average molecular weight is 148 g/mol. The Morgan fingerprint density at radius 3 is 2.78 bits per heavy atom. The first-order valence-corrected chi connectivity index (χ1v) is 3.81. The van der Waals surface area contributed by atoms with Crippen molar-refractivity contribution in [1.82, 2.24) is 0 Å². The molecule has 1 rings (SSSR count). The van der Waals surface area contributed by atoms with Crippen LogP contribution in [-0.2, 0) is 19.7 Å². The Hall–Kier alpha value is -0.510. The summed E-state index contributed by atoms with van der Waals surface area (Å²) < 4.78 is 19.2. The highest BCUT2D eigenvalue weighted by Crippen LogP contribution is 2.18. The van der Waals surface area contributed by atoms with Crippen molar-refractivity contribution in [3.8, 4) is 0 Å². The van der Waals surface area contributed by atoms with Crippen molar-refractivity contribution < 1.29 is 12.6 Å². The SMILES string of the molecule is CCCC=C1OS(=O)O1. The molecule has 0 bridgehead atoms. The summed E-state index contributed by atoms with van der Waals surface area (Å²) >= 11 is -1.49. The number of hydrogen-bond acceptors (Lipinski definition) is 3. The van der Waals surface area contributed by atoms with Gasteiger partial charge in [0.2, 0.25) is 0 Å². The van der Waals surface area contributed by atoms with E-state index in [9.17, 15) is 4.21 Å². The van der Waals surface area contributed by atoms with Crippen LogP contribution in [0.4, 0.5) is 0 Å². The Balaban J connectivity index is 2.21. The van der Waals surface area contributed by atoms with E-state index in [1.807, 2.05) is 6.92 Å². The summed E-state index contributed by atoms with van der Waals surface area (Å²) in [6.45, 7) is 2.05. The molecule has 1 aliphatic heterocycles. The molecule has 3 nitrogen and oxygen atoms in total. The second kappa shape index (κ2) is 2.87. The Bertz CT molecular complexity index is 142. The minimum atomic E-state index is -1.49. The van der Waals surface area contributed by atoms with Crippen LogP contribution in [0.3, 0.4) is 0 Å². The molecule has 0 spiro atoms. The van der Waals surface area contributed by atoms with E-state index >= 15 is 0 Å². The van der Waals surface area contributed by atoms with Crippen molar-refractivity contribution in [3.63, 3.8) is 0 Å². The van der Waals surface area contributed by atoms with Gasteiger partial charge in [0.05, 0.1) is 0 Å². The summed E-state index contributed by atoms with van der Waals surface area (Å²) in [6.07, 6.45) is 3.73. The fourth-order valence-electron chi connectivity index (χ4n) is 0.471. The summed E-state index contributed by atoms with van der Waals surface area (Å²) in [7, 11) is 0. The van der Waals surface area contributed by atoms with E-state index in [4.69, 9.17) is 0 Å². The van der Waals surface area contributed by atoms with Gasteiger partial charge < -0.3 is 8.37 Å². The second-order valence-electron chi connectivity index (χ2n) is 1.68. The van der Waals surface area contributed by atoms with E-state index in [-0.39, 0.29) is 0 Å². The Morgan fingerprint density at radius 2 is 2.33 bits per heavy atom. The van der Waals surface area contributed by atoms with Gasteiger partial charge >= 0.3 is 17.3 Å². The topological polar surface area (TPSA) is 35.5 Å². The van der Waals surface area contributed by atoms with Crippen LogP contribution >= 0.6 is 0 Å². The lowest BCUT2D eigenvalue weighted by molar-refractivity contribution is 0.148. The highest BCUT2D eigenvalue weighted by molar-refractivity contribution is 7.76. The van der Waals surface area contributed by atoms with Crippen molar-refractivity contribution in [3.05, 3.63) is 12.0 Å². The van der Waals surface area contributed by atoms with E-state index in [0.717, 1.165) is 12.8 Å². The first kappa shape index (κ1) is 6.61. The maximum atomic E-state index is 10.1. The molecule has 1 heterocycles. The Kier molecular flexibility index (Phi) is 2.10. The van der Waals surface area contributed by atoms with E-state index in [1.54, 1.807) is 6.08 Å². The Labute approximate surface area is 56.5 Å². The first-order valence-electron chi connectivity index (χ1n) is 2.81. The summed E-state index contributed by atoms with van der Waals surface area (Å²) in [5, 5.41) is 0. The molecule has 0 amide bonds. The molecule has 0 radical (unpaired) electrons. The number of hydrogen-bond donors (Lipinski definition) is 0. The van der Waals surface area contributed by atoms with Crippen LogP contribution in [0, 0.1) is 0 Å². The molecule has 9 heavy (non-hydrogen) atoms. The molecule has 1 saturated heterocycles. The molecular weight excluding hydrogens is 140 g/mol. The van der Waals surface area contributed by atoms with Gasteiger partial charge in [-0.05, 0) is 12.5 Å². The number of unbranched alkanes of at least 4 members (excludes halogenated alkanes) is 1. The van der Waals surface area contributed by atoms with Crippen LogP contribution < -0.4 is 0 Å². The predicted molar refractivity (Wildman–Crippen MR) is 33.3 cm³/mol. The minimum absolute atomic E-state index is 0.398. The zero-order valence-corrected chi connectivity index (χ0v) is 5.94. The minimum Gasteiger partial charge on any atom is -0.334 e. The summed E-state index contributed by atoms with van der Waals surface area (Å²) in [4.78, 5) is 0. The van der Waals surface area contributed by atoms with Gasteiger partial charge in [0, 0.05) is 0 Å². The molecule has 0 aromatic rings. The quantitative estimate of drug-likeness (QED) is 0.591. The van der Waals surface area contributed by atoms with Gasteiger partial charge in [-0.25, -0.2) is 0 Å². The number of rotatable bonds is 2. The van der Waals surface area contributed by atoms with Crippen LogP contribution in [0.25, 0.3) is 0 Å². The van der Waals surface area contributed by atoms with Crippen LogP contribution in [0.5, 0.6) is 0 Å². The maximum absolute atomic E-state index is 10.1. The smallest absolute Gasteiger partial charge is 0.334 e. The fourth-order valence-corrected chi connectivity index (χ4v) is 0.887. The summed E-state index contributed by atoms with van der Waals surface area (Å²) in [5.74, 6) is 0.398. The van der Waals surface area contributed by atoms with E-state index < -0.39 is 11.4 Å². The van der Waals surface area contributed by atoms with Gasteiger partial charge in [0.25, 0.3) is 0 Å². The third-order valence-corrected chi connectivity index (χ3v) is 1.50. The molecule has 4 heteroatoms. The Morgan fingerprint density at radius 1 is 1.67 bits per heavy atom. The van der Waals surface area contributed by atoms with Gasteiger partial charge in [-0.15, -0.1) is 0 Å². The summed E-state index contributed by atoms with van der Waals surface area (Å²) in [5.41, 5.74) is 0. The second-order valence-corrected chi connectivity index (χ2v) is 2.42. The standard InChI is InChI=1S/C5H8O3S/c1-2-3-4-5-7-9(6)8-5/h4H,2-3H2,1H3. The largest absolute Gasteiger partial charge is 0.423 e. The lowest BCUT2D eigenvalue weighted by Crippen LogP contribution is -2.14. The molecule has 0 unspecified atom stereocenters. The molecule has 52 valence electrons.